The van der Waals surface area contributed by atoms with Crippen molar-refractivity contribution < 1.29 is 13.2 Å². The van der Waals surface area contributed by atoms with Gasteiger partial charge in [0.1, 0.15) is 6.04 Å². The first-order chi connectivity index (χ1) is 17.2. The molecule has 5 rings (SSSR count). The number of amides is 1. The number of aromatic nitrogens is 3. The minimum atomic E-state index is -3.87. The van der Waals surface area contributed by atoms with Gasteiger partial charge in [-0.2, -0.15) is 9.40 Å². The second kappa shape index (κ2) is 9.93. The highest BCUT2D eigenvalue weighted by atomic mass is 35.5. The number of fused-ring (bicyclic) bond motifs is 1. The van der Waals surface area contributed by atoms with Gasteiger partial charge >= 0.3 is 0 Å². The molecule has 1 aliphatic heterocycles. The van der Waals surface area contributed by atoms with E-state index >= 15 is 0 Å². The fourth-order valence-corrected chi connectivity index (χ4v) is 7.34. The SMILES string of the molecule is Cc1cc(C)n(CCN(C(=O)C2CCCN2S(=O)(=O)c2ccc(Cl)cc2)c2nc3ccccc3s2)n1. The van der Waals surface area contributed by atoms with Crippen molar-refractivity contribution in [2.45, 2.75) is 44.2 Å². The number of para-hydroxylation sites is 1. The van der Waals surface area contributed by atoms with Crippen LogP contribution in [-0.2, 0) is 21.4 Å². The minimum absolute atomic E-state index is 0.126. The summed E-state index contributed by atoms with van der Waals surface area (Å²) < 4.78 is 31.1. The van der Waals surface area contributed by atoms with E-state index in [0.717, 1.165) is 21.6 Å². The fraction of sp³-hybridized carbons (Fsp3) is 0.320. The van der Waals surface area contributed by atoms with Crippen LogP contribution in [0.15, 0.2) is 59.5 Å². The monoisotopic (exact) mass is 543 g/mol. The van der Waals surface area contributed by atoms with Crippen molar-refractivity contribution in [1.29, 1.82) is 0 Å². The molecular weight excluding hydrogens is 518 g/mol. The van der Waals surface area contributed by atoms with Crippen molar-refractivity contribution >= 4 is 54.2 Å². The van der Waals surface area contributed by atoms with Crippen LogP contribution in [0.5, 0.6) is 0 Å². The number of carbonyl (C=O) groups is 1. The highest BCUT2D eigenvalue weighted by molar-refractivity contribution is 7.89. The number of benzene rings is 2. The zero-order chi connectivity index (χ0) is 25.4. The summed E-state index contributed by atoms with van der Waals surface area (Å²) in [5.74, 6) is -0.273. The Bertz CT molecular complexity index is 1480. The van der Waals surface area contributed by atoms with Gasteiger partial charge in [-0.05, 0) is 69.2 Å². The van der Waals surface area contributed by atoms with Gasteiger partial charge in [-0.15, -0.1) is 0 Å². The highest BCUT2D eigenvalue weighted by Crippen LogP contribution is 2.33. The Kier molecular flexibility index (Phi) is 6.86. The third-order valence-electron chi connectivity index (χ3n) is 6.33. The van der Waals surface area contributed by atoms with Crippen LogP contribution in [0.3, 0.4) is 0 Å². The van der Waals surface area contributed by atoms with Crippen LogP contribution in [0.1, 0.15) is 24.2 Å². The molecule has 3 heterocycles. The third kappa shape index (κ3) is 4.78. The van der Waals surface area contributed by atoms with E-state index < -0.39 is 16.1 Å². The molecule has 2 aromatic carbocycles. The molecule has 0 radical (unpaired) electrons. The molecule has 1 unspecified atom stereocenters. The van der Waals surface area contributed by atoms with Gasteiger partial charge in [0.25, 0.3) is 0 Å². The molecule has 0 saturated carbocycles. The van der Waals surface area contributed by atoms with Gasteiger partial charge in [-0.1, -0.05) is 35.1 Å². The molecule has 2 aromatic heterocycles. The molecule has 1 amide bonds. The van der Waals surface area contributed by atoms with Gasteiger partial charge in [0.2, 0.25) is 15.9 Å². The van der Waals surface area contributed by atoms with Gasteiger partial charge in [0.05, 0.1) is 27.4 Å². The Labute approximate surface area is 219 Å². The lowest BCUT2D eigenvalue weighted by Crippen LogP contribution is -2.48. The Balaban J connectivity index is 1.48. The van der Waals surface area contributed by atoms with Crippen molar-refractivity contribution in [3.05, 3.63) is 71.0 Å². The van der Waals surface area contributed by atoms with E-state index in [0.29, 0.717) is 36.1 Å². The molecule has 1 fully saturated rings. The summed E-state index contributed by atoms with van der Waals surface area (Å²) >= 11 is 7.38. The Morgan fingerprint density at radius 3 is 2.61 bits per heavy atom. The second-order valence-corrected chi connectivity index (χ2v) is 12.2. The zero-order valence-electron chi connectivity index (χ0n) is 20.0. The van der Waals surface area contributed by atoms with E-state index in [4.69, 9.17) is 16.6 Å². The van der Waals surface area contributed by atoms with Crippen molar-refractivity contribution in [2.24, 2.45) is 0 Å². The number of rotatable bonds is 7. The van der Waals surface area contributed by atoms with E-state index in [1.54, 1.807) is 17.0 Å². The van der Waals surface area contributed by atoms with E-state index in [-0.39, 0.29) is 17.3 Å². The molecule has 0 aliphatic carbocycles. The molecule has 36 heavy (non-hydrogen) atoms. The largest absolute Gasteiger partial charge is 0.285 e. The number of aryl methyl sites for hydroxylation is 2. The van der Waals surface area contributed by atoms with Gasteiger partial charge in [-0.3, -0.25) is 14.4 Å². The number of anilines is 1. The average molecular weight is 544 g/mol. The molecule has 188 valence electrons. The zero-order valence-corrected chi connectivity index (χ0v) is 22.4. The number of hydrogen-bond donors (Lipinski definition) is 0. The van der Waals surface area contributed by atoms with Gasteiger partial charge in [0.15, 0.2) is 5.13 Å². The summed E-state index contributed by atoms with van der Waals surface area (Å²) in [6.45, 7) is 4.98. The molecule has 4 aromatic rings. The van der Waals surface area contributed by atoms with E-state index in [1.165, 1.54) is 27.8 Å². The normalized spacial score (nSPS) is 16.6. The molecule has 8 nitrogen and oxygen atoms in total. The number of sulfonamides is 1. The highest BCUT2D eigenvalue weighted by Gasteiger charge is 2.42. The average Bonchev–Trinajstić information content (AvgIpc) is 3.58. The molecule has 1 atom stereocenters. The molecule has 1 aliphatic rings. The lowest BCUT2D eigenvalue weighted by atomic mass is 10.2. The fourth-order valence-electron chi connectivity index (χ4n) is 4.57. The Morgan fingerprint density at radius 2 is 1.92 bits per heavy atom. The molecule has 0 N–H and O–H groups in total. The molecule has 11 heteroatoms. The predicted molar refractivity (Wildman–Crippen MR) is 142 cm³/mol. The molecule has 0 bridgehead atoms. The summed E-state index contributed by atoms with van der Waals surface area (Å²) in [6.07, 6.45) is 1.06. The first kappa shape index (κ1) is 24.9. The predicted octanol–water partition coefficient (Wildman–Crippen LogP) is 4.65. The van der Waals surface area contributed by atoms with Crippen molar-refractivity contribution in [2.75, 3.05) is 18.0 Å². The van der Waals surface area contributed by atoms with Gasteiger partial charge < -0.3 is 0 Å². The number of carbonyl (C=O) groups excluding carboxylic acids is 1. The van der Waals surface area contributed by atoms with Gasteiger partial charge in [0, 0.05) is 23.8 Å². The van der Waals surface area contributed by atoms with Crippen molar-refractivity contribution in [3.63, 3.8) is 0 Å². The number of hydrogen-bond acceptors (Lipinski definition) is 6. The van der Waals surface area contributed by atoms with Crippen LogP contribution in [0.4, 0.5) is 5.13 Å². The summed E-state index contributed by atoms with van der Waals surface area (Å²) in [5, 5.41) is 5.53. The van der Waals surface area contributed by atoms with Crippen molar-refractivity contribution in [3.8, 4) is 0 Å². The second-order valence-electron chi connectivity index (χ2n) is 8.83. The Hall–Kier alpha value is -2.79. The maximum absolute atomic E-state index is 14.0. The molecule has 1 saturated heterocycles. The maximum Gasteiger partial charge on any atom is 0.247 e. The minimum Gasteiger partial charge on any atom is -0.285 e. The lowest BCUT2D eigenvalue weighted by molar-refractivity contribution is -0.121. The number of halogens is 1. The van der Waals surface area contributed by atoms with E-state index in [2.05, 4.69) is 5.10 Å². The third-order valence-corrected chi connectivity index (χ3v) is 9.56. The number of thiazole rings is 1. The van der Waals surface area contributed by atoms with Crippen LogP contribution < -0.4 is 4.90 Å². The topological polar surface area (TPSA) is 88.4 Å². The summed E-state index contributed by atoms with van der Waals surface area (Å²) in [4.78, 5) is 20.5. The number of nitrogens with zero attached hydrogens (tertiary/aromatic N) is 5. The maximum atomic E-state index is 14.0. The summed E-state index contributed by atoms with van der Waals surface area (Å²) in [7, 11) is -3.87. The molecule has 0 spiro atoms. The standard InChI is InChI=1S/C25H26ClN5O3S2/c1-17-16-18(2)30(28-17)15-14-29(25-27-21-6-3-4-8-23(21)35-25)24(32)22-7-5-13-31(22)36(33,34)20-11-9-19(26)10-12-20/h3-4,6,8-12,16,22H,5,7,13-15H2,1-2H3. The smallest absolute Gasteiger partial charge is 0.247 e. The van der Waals surface area contributed by atoms with Crippen molar-refractivity contribution in [1.82, 2.24) is 19.1 Å². The van der Waals surface area contributed by atoms with Gasteiger partial charge in [-0.25, -0.2) is 13.4 Å². The van der Waals surface area contributed by atoms with Crippen LogP contribution in [0, 0.1) is 13.8 Å². The summed E-state index contributed by atoms with van der Waals surface area (Å²) in [5.41, 5.74) is 2.71. The Morgan fingerprint density at radius 1 is 1.17 bits per heavy atom. The van der Waals surface area contributed by atoms with E-state index in [9.17, 15) is 13.2 Å². The van der Waals surface area contributed by atoms with Crippen LogP contribution in [-0.4, -0.2) is 52.5 Å². The first-order valence-electron chi connectivity index (χ1n) is 11.7. The van der Waals surface area contributed by atoms with Crippen LogP contribution >= 0.6 is 22.9 Å². The first-order valence-corrected chi connectivity index (χ1v) is 14.3. The van der Waals surface area contributed by atoms with E-state index in [1.807, 2.05) is 48.9 Å². The lowest BCUT2D eigenvalue weighted by Gasteiger charge is -2.28. The summed E-state index contributed by atoms with van der Waals surface area (Å²) in [6, 6.07) is 14.9. The van der Waals surface area contributed by atoms with Crippen LogP contribution in [0.25, 0.3) is 10.2 Å². The van der Waals surface area contributed by atoms with Crippen LogP contribution in [0.2, 0.25) is 5.02 Å². The molecular formula is C25H26ClN5O3S2. The quantitative estimate of drug-likeness (QED) is 0.338.